The number of anilines is 1. The van der Waals surface area contributed by atoms with Crippen LogP contribution in [-0.4, -0.2) is 90.9 Å². The van der Waals surface area contributed by atoms with Crippen molar-refractivity contribution in [2.75, 3.05) is 57.9 Å². The minimum atomic E-state index is -0.194. The van der Waals surface area contributed by atoms with E-state index in [0.29, 0.717) is 50.6 Å². The van der Waals surface area contributed by atoms with E-state index >= 15 is 0 Å². The summed E-state index contributed by atoms with van der Waals surface area (Å²) in [4.78, 5) is 32.3. The first-order chi connectivity index (χ1) is 19.0. The van der Waals surface area contributed by atoms with Crippen LogP contribution in [0.2, 0.25) is 0 Å². The van der Waals surface area contributed by atoms with E-state index in [1.165, 1.54) is 5.56 Å². The van der Waals surface area contributed by atoms with Crippen LogP contribution in [0, 0.1) is 6.92 Å². The molecule has 0 radical (unpaired) electrons. The fraction of sp³-hybridized carbons (Fsp3) is 0.400. The molecule has 0 unspecified atom stereocenters. The third kappa shape index (κ3) is 6.54. The smallest absolute Gasteiger partial charge is 0.254 e. The van der Waals surface area contributed by atoms with Crippen molar-refractivity contribution in [3.8, 4) is 17.0 Å². The summed E-state index contributed by atoms with van der Waals surface area (Å²) in [6.07, 6.45) is 1.81. The summed E-state index contributed by atoms with van der Waals surface area (Å²) in [7, 11) is 1.57. The highest BCUT2D eigenvalue weighted by molar-refractivity contribution is 5.97. The van der Waals surface area contributed by atoms with Gasteiger partial charge >= 0.3 is 0 Å². The predicted octanol–water partition coefficient (Wildman–Crippen LogP) is 3.43. The average Bonchev–Trinajstić information content (AvgIpc) is 3.50. The van der Waals surface area contributed by atoms with Gasteiger partial charge in [-0.25, -0.2) is 0 Å². The number of hydrogen-bond acceptors (Lipinski definition) is 7. The van der Waals surface area contributed by atoms with E-state index in [1.807, 2.05) is 29.2 Å². The molecule has 2 amide bonds. The summed E-state index contributed by atoms with van der Waals surface area (Å²) >= 11 is 0. The number of carbonyl (C=O) groups excluding carboxylic acids is 2. The van der Waals surface area contributed by atoms with E-state index < -0.39 is 0 Å². The fourth-order valence-corrected chi connectivity index (χ4v) is 5.01. The van der Waals surface area contributed by atoms with Crippen molar-refractivity contribution < 1.29 is 19.1 Å². The van der Waals surface area contributed by atoms with E-state index in [0.717, 1.165) is 29.9 Å². The van der Waals surface area contributed by atoms with Gasteiger partial charge in [-0.2, -0.15) is 0 Å². The van der Waals surface area contributed by atoms with Crippen molar-refractivity contribution in [2.45, 2.75) is 25.9 Å². The van der Waals surface area contributed by atoms with Crippen LogP contribution in [0.5, 0.6) is 5.75 Å². The van der Waals surface area contributed by atoms with Crippen LogP contribution in [0.1, 0.15) is 28.8 Å². The Balaban J connectivity index is 1.20. The Labute approximate surface area is 229 Å². The minimum Gasteiger partial charge on any atom is -0.497 e. The van der Waals surface area contributed by atoms with Crippen molar-refractivity contribution in [2.24, 2.45) is 0 Å². The van der Waals surface area contributed by atoms with Gasteiger partial charge in [0.15, 0.2) is 5.82 Å². The molecular formula is C30H35N5O4. The van der Waals surface area contributed by atoms with Crippen molar-refractivity contribution in [3.05, 3.63) is 71.8 Å². The lowest BCUT2D eigenvalue weighted by molar-refractivity contribution is -0.132. The number of carbonyl (C=O) groups is 2. The normalized spacial score (nSPS) is 17.2. The highest BCUT2D eigenvalue weighted by atomic mass is 16.5. The van der Waals surface area contributed by atoms with Gasteiger partial charge in [-0.1, -0.05) is 35.9 Å². The van der Waals surface area contributed by atoms with E-state index in [4.69, 9.17) is 9.47 Å². The summed E-state index contributed by atoms with van der Waals surface area (Å²) < 4.78 is 11.1. The maximum atomic E-state index is 13.4. The third-order valence-electron chi connectivity index (χ3n) is 7.33. The molecule has 39 heavy (non-hydrogen) atoms. The van der Waals surface area contributed by atoms with Gasteiger partial charge in [0.2, 0.25) is 5.91 Å². The molecule has 1 aromatic heterocycles. The molecule has 0 bridgehead atoms. The predicted molar refractivity (Wildman–Crippen MR) is 149 cm³/mol. The Kier molecular flexibility index (Phi) is 8.36. The molecule has 204 valence electrons. The molecule has 0 spiro atoms. The van der Waals surface area contributed by atoms with E-state index in [9.17, 15) is 9.59 Å². The maximum absolute atomic E-state index is 13.4. The van der Waals surface area contributed by atoms with Gasteiger partial charge in [-0.05, 0) is 50.1 Å². The van der Waals surface area contributed by atoms with Crippen LogP contribution in [0.25, 0.3) is 11.3 Å². The van der Waals surface area contributed by atoms with Crippen LogP contribution in [0.4, 0.5) is 5.82 Å². The summed E-state index contributed by atoms with van der Waals surface area (Å²) in [5.41, 5.74) is 3.57. The van der Waals surface area contributed by atoms with Crippen LogP contribution in [-0.2, 0) is 9.53 Å². The Bertz CT molecular complexity index is 1270. The molecule has 2 aromatic carbocycles. The zero-order chi connectivity index (χ0) is 27.2. The van der Waals surface area contributed by atoms with Crippen LogP contribution in [0.3, 0.4) is 0 Å². The highest BCUT2D eigenvalue weighted by Crippen LogP contribution is 2.21. The van der Waals surface area contributed by atoms with E-state index in [1.54, 1.807) is 36.3 Å². The van der Waals surface area contributed by atoms with Gasteiger partial charge in [0.05, 0.1) is 18.9 Å². The molecule has 2 aliphatic heterocycles. The van der Waals surface area contributed by atoms with Crippen LogP contribution in [0.15, 0.2) is 60.7 Å². The second-order valence-corrected chi connectivity index (χ2v) is 10.1. The highest BCUT2D eigenvalue weighted by Gasteiger charge is 2.29. The Morgan fingerprint density at radius 3 is 2.49 bits per heavy atom. The van der Waals surface area contributed by atoms with Gasteiger partial charge in [0.25, 0.3) is 5.91 Å². The molecule has 2 fully saturated rings. The van der Waals surface area contributed by atoms with Gasteiger partial charge in [-0.15, -0.1) is 10.2 Å². The van der Waals surface area contributed by atoms with Gasteiger partial charge in [0, 0.05) is 50.5 Å². The van der Waals surface area contributed by atoms with Gasteiger partial charge < -0.3 is 24.2 Å². The summed E-state index contributed by atoms with van der Waals surface area (Å²) in [5.74, 6) is 1.14. The number of aromatic nitrogens is 2. The standard InChI is InChI=1S/C30H35N5O4/c1-22-8-10-23(11-9-22)27-12-13-28(32-31-27)33-14-16-34(17-15-33)29(36)21-35(20-26-7-4-18-39-26)30(37)24-5-3-6-25(19-24)38-2/h3,5-6,8-13,19,26H,4,7,14-18,20-21H2,1-2H3/t26-/m0/s1. The molecule has 1 atom stereocenters. The number of benzene rings is 2. The maximum Gasteiger partial charge on any atom is 0.254 e. The van der Waals surface area contributed by atoms with Gasteiger partial charge in [-0.3, -0.25) is 9.59 Å². The number of rotatable bonds is 8. The molecule has 3 aromatic rings. The Morgan fingerprint density at radius 2 is 1.82 bits per heavy atom. The van der Waals surface area contributed by atoms with Crippen molar-refractivity contribution >= 4 is 17.6 Å². The lowest BCUT2D eigenvalue weighted by Gasteiger charge is -2.36. The fourth-order valence-electron chi connectivity index (χ4n) is 5.01. The molecule has 9 nitrogen and oxygen atoms in total. The minimum absolute atomic E-state index is 0.0148. The molecule has 2 aliphatic rings. The zero-order valence-corrected chi connectivity index (χ0v) is 22.6. The first-order valence-electron chi connectivity index (χ1n) is 13.5. The summed E-state index contributed by atoms with van der Waals surface area (Å²) in [5, 5.41) is 8.86. The van der Waals surface area contributed by atoms with E-state index in [2.05, 4.69) is 34.2 Å². The largest absolute Gasteiger partial charge is 0.497 e. The molecule has 9 heteroatoms. The number of piperazine rings is 1. The molecule has 3 heterocycles. The molecule has 2 saturated heterocycles. The first kappa shape index (κ1) is 26.6. The van der Waals surface area contributed by atoms with Crippen molar-refractivity contribution in [3.63, 3.8) is 0 Å². The molecule has 0 saturated carbocycles. The number of nitrogens with zero attached hydrogens (tertiary/aromatic N) is 5. The average molecular weight is 530 g/mol. The molecule has 0 N–H and O–H groups in total. The lowest BCUT2D eigenvalue weighted by Crippen LogP contribution is -2.52. The zero-order valence-electron chi connectivity index (χ0n) is 22.6. The van der Waals surface area contributed by atoms with Gasteiger partial charge in [0.1, 0.15) is 12.3 Å². The summed E-state index contributed by atoms with van der Waals surface area (Å²) in [6, 6.07) is 19.2. The number of ether oxygens (including phenoxy) is 2. The van der Waals surface area contributed by atoms with Crippen molar-refractivity contribution in [1.29, 1.82) is 0 Å². The van der Waals surface area contributed by atoms with Crippen LogP contribution < -0.4 is 9.64 Å². The molecule has 0 aliphatic carbocycles. The monoisotopic (exact) mass is 529 g/mol. The number of amides is 2. The van der Waals surface area contributed by atoms with Crippen molar-refractivity contribution in [1.82, 2.24) is 20.0 Å². The topological polar surface area (TPSA) is 88.1 Å². The molecule has 5 rings (SSSR count). The number of methoxy groups -OCH3 is 1. The first-order valence-corrected chi connectivity index (χ1v) is 13.5. The Hall–Kier alpha value is -3.98. The second kappa shape index (κ2) is 12.3. The quantitative estimate of drug-likeness (QED) is 0.442. The number of hydrogen-bond donors (Lipinski definition) is 0. The molecular weight excluding hydrogens is 494 g/mol. The van der Waals surface area contributed by atoms with E-state index in [-0.39, 0.29) is 24.5 Å². The SMILES string of the molecule is COc1cccc(C(=O)N(CC(=O)N2CCN(c3ccc(-c4ccc(C)cc4)nn3)CC2)C[C@@H]2CCCO2)c1. The Morgan fingerprint density at radius 1 is 1.03 bits per heavy atom. The lowest BCUT2D eigenvalue weighted by atomic mass is 10.1. The second-order valence-electron chi connectivity index (χ2n) is 10.1. The number of aryl methyl sites for hydroxylation is 1. The van der Waals surface area contributed by atoms with Crippen LogP contribution >= 0.6 is 0 Å². The summed E-state index contributed by atoms with van der Waals surface area (Å²) in [6.45, 7) is 5.58. The third-order valence-corrected chi connectivity index (χ3v) is 7.33.